The molecule has 0 saturated carbocycles. The molecule has 2 amide bonds. The largest absolute Gasteiger partial charge is 0.494 e. The lowest BCUT2D eigenvalue weighted by molar-refractivity contribution is -0.148. The molecule has 7 heteroatoms. The first kappa shape index (κ1) is 19.4. The molecule has 0 bridgehead atoms. The fourth-order valence-corrected chi connectivity index (χ4v) is 2.85. The molecule has 0 unspecified atom stereocenters. The Bertz CT molecular complexity index is 861. The Balaban J connectivity index is 1.44. The molecule has 0 aliphatic carbocycles. The van der Waals surface area contributed by atoms with Crippen LogP contribution in [0.2, 0.25) is 0 Å². The molecule has 0 fully saturated rings. The van der Waals surface area contributed by atoms with Gasteiger partial charge in [0.25, 0.3) is 5.91 Å². The van der Waals surface area contributed by atoms with E-state index in [1.165, 1.54) is 0 Å². The molecule has 1 aliphatic rings. The number of carbonyl (C=O) groups excluding carboxylic acids is 3. The van der Waals surface area contributed by atoms with Crippen molar-refractivity contribution in [2.24, 2.45) is 0 Å². The van der Waals surface area contributed by atoms with Gasteiger partial charge in [0, 0.05) is 5.56 Å². The van der Waals surface area contributed by atoms with Crippen LogP contribution in [0.15, 0.2) is 48.5 Å². The summed E-state index contributed by atoms with van der Waals surface area (Å²) in [7, 11) is 0. The van der Waals surface area contributed by atoms with E-state index < -0.39 is 24.3 Å². The second-order valence-corrected chi connectivity index (χ2v) is 6.09. The topological polar surface area (TPSA) is 82.1 Å². The Morgan fingerprint density at radius 2 is 1.64 bits per heavy atom. The number of rotatable bonds is 8. The number of fused-ring (bicyclic) bond motifs is 1. The summed E-state index contributed by atoms with van der Waals surface area (Å²) in [5, 5.41) is 0. The normalized spacial score (nSPS) is 13.1. The number of ether oxygens (including phenoxy) is 3. The Morgan fingerprint density at radius 1 is 0.964 bits per heavy atom. The summed E-state index contributed by atoms with van der Waals surface area (Å²) >= 11 is 0. The predicted molar refractivity (Wildman–Crippen MR) is 100 cm³/mol. The highest BCUT2D eigenvalue weighted by Gasteiger charge is 2.32. The van der Waals surface area contributed by atoms with Crippen LogP contribution in [-0.2, 0) is 20.7 Å². The van der Waals surface area contributed by atoms with Crippen molar-refractivity contribution in [3.8, 4) is 11.5 Å². The van der Waals surface area contributed by atoms with Crippen molar-refractivity contribution in [2.45, 2.75) is 13.3 Å². The molecule has 0 aromatic heterocycles. The van der Waals surface area contributed by atoms with Gasteiger partial charge in [-0.15, -0.1) is 0 Å². The number of amides is 2. The summed E-state index contributed by atoms with van der Waals surface area (Å²) in [4.78, 5) is 37.5. The van der Waals surface area contributed by atoms with Crippen LogP contribution in [0.5, 0.6) is 11.5 Å². The molecule has 2 aromatic carbocycles. The molecule has 1 aliphatic heterocycles. The smallest absolute Gasteiger partial charge is 0.326 e. The van der Waals surface area contributed by atoms with Gasteiger partial charge in [-0.05, 0) is 42.8 Å². The minimum Gasteiger partial charge on any atom is -0.494 e. The summed E-state index contributed by atoms with van der Waals surface area (Å²) in [6, 6.07) is 14.0. The van der Waals surface area contributed by atoms with Gasteiger partial charge >= 0.3 is 5.97 Å². The maximum absolute atomic E-state index is 12.4. The van der Waals surface area contributed by atoms with Crippen molar-refractivity contribution in [1.82, 2.24) is 4.90 Å². The first-order chi connectivity index (χ1) is 13.6. The quantitative estimate of drug-likeness (QED) is 0.395. The summed E-state index contributed by atoms with van der Waals surface area (Å²) in [6.45, 7) is 2.25. The summed E-state index contributed by atoms with van der Waals surface area (Å²) in [6.07, 6.45) is 0.0933. The van der Waals surface area contributed by atoms with Gasteiger partial charge in [0.1, 0.15) is 31.3 Å². The third-order valence-electron chi connectivity index (χ3n) is 4.17. The highest BCUT2D eigenvalue weighted by Crippen LogP contribution is 2.20. The zero-order valence-corrected chi connectivity index (χ0v) is 15.6. The minimum atomic E-state index is -0.656. The summed E-state index contributed by atoms with van der Waals surface area (Å²) < 4.78 is 15.9. The van der Waals surface area contributed by atoms with E-state index in [-0.39, 0.29) is 19.6 Å². The molecule has 3 rings (SSSR count). The zero-order chi connectivity index (χ0) is 19.9. The SMILES string of the molecule is CCOc1ccc(OCCOC(=O)CN2C(=O)Cc3ccccc3C2=O)cc1. The molecular formula is C21H21NO6. The van der Waals surface area contributed by atoms with Gasteiger partial charge in [-0.1, -0.05) is 18.2 Å². The fraction of sp³-hybridized carbons (Fsp3) is 0.286. The minimum absolute atomic E-state index is 0.0128. The summed E-state index contributed by atoms with van der Waals surface area (Å²) in [5.74, 6) is -0.173. The molecule has 7 nitrogen and oxygen atoms in total. The van der Waals surface area contributed by atoms with Gasteiger partial charge in [0.15, 0.2) is 0 Å². The number of benzene rings is 2. The lowest BCUT2D eigenvalue weighted by Crippen LogP contribution is -2.45. The van der Waals surface area contributed by atoms with E-state index in [1.54, 1.807) is 48.5 Å². The van der Waals surface area contributed by atoms with E-state index in [2.05, 4.69) is 0 Å². The van der Waals surface area contributed by atoms with Gasteiger partial charge in [0.05, 0.1) is 13.0 Å². The van der Waals surface area contributed by atoms with Crippen molar-refractivity contribution in [1.29, 1.82) is 0 Å². The Morgan fingerprint density at radius 3 is 2.36 bits per heavy atom. The monoisotopic (exact) mass is 383 g/mol. The number of carbonyl (C=O) groups is 3. The number of hydrogen-bond acceptors (Lipinski definition) is 6. The molecule has 0 spiro atoms. The molecule has 146 valence electrons. The molecule has 0 saturated heterocycles. The van der Waals surface area contributed by atoms with Crippen molar-refractivity contribution in [3.63, 3.8) is 0 Å². The summed E-state index contributed by atoms with van der Waals surface area (Å²) in [5.41, 5.74) is 1.11. The van der Waals surface area contributed by atoms with Crippen LogP contribution in [0, 0.1) is 0 Å². The van der Waals surface area contributed by atoms with E-state index in [0.29, 0.717) is 23.5 Å². The van der Waals surface area contributed by atoms with E-state index in [0.717, 1.165) is 10.6 Å². The lowest BCUT2D eigenvalue weighted by atomic mass is 9.98. The number of imide groups is 1. The number of esters is 1. The molecular weight excluding hydrogens is 362 g/mol. The first-order valence-corrected chi connectivity index (χ1v) is 9.02. The van der Waals surface area contributed by atoms with Crippen LogP contribution >= 0.6 is 0 Å². The van der Waals surface area contributed by atoms with E-state index in [9.17, 15) is 14.4 Å². The van der Waals surface area contributed by atoms with Crippen molar-refractivity contribution >= 4 is 17.8 Å². The van der Waals surface area contributed by atoms with Gasteiger partial charge in [0.2, 0.25) is 5.91 Å². The first-order valence-electron chi connectivity index (χ1n) is 9.02. The average molecular weight is 383 g/mol. The second kappa shape index (κ2) is 9.03. The Labute approximate surface area is 162 Å². The second-order valence-electron chi connectivity index (χ2n) is 6.09. The molecule has 28 heavy (non-hydrogen) atoms. The van der Waals surface area contributed by atoms with E-state index in [4.69, 9.17) is 14.2 Å². The van der Waals surface area contributed by atoms with Gasteiger partial charge in [-0.3, -0.25) is 19.3 Å². The third-order valence-corrected chi connectivity index (χ3v) is 4.17. The van der Waals surface area contributed by atoms with Crippen LogP contribution < -0.4 is 9.47 Å². The van der Waals surface area contributed by atoms with Gasteiger partial charge < -0.3 is 14.2 Å². The van der Waals surface area contributed by atoms with Gasteiger partial charge in [-0.25, -0.2) is 0 Å². The maximum Gasteiger partial charge on any atom is 0.326 e. The van der Waals surface area contributed by atoms with E-state index in [1.807, 2.05) is 6.92 Å². The average Bonchev–Trinajstić information content (AvgIpc) is 2.70. The molecule has 2 aromatic rings. The highest BCUT2D eigenvalue weighted by atomic mass is 16.6. The highest BCUT2D eigenvalue weighted by molar-refractivity contribution is 6.11. The standard InChI is InChI=1S/C21H21NO6/c1-2-26-16-7-9-17(10-8-16)27-11-12-28-20(24)14-22-19(23)13-15-5-3-4-6-18(15)21(22)25/h3-10H,2,11-14H2,1H3. The number of hydrogen-bond donors (Lipinski definition) is 0. The lowest BCUT2D eigenvalue weighted by Gasteiger charge is -2.25. The fourth-order valence-electron chi connectivity index (χ4n) is 2.85. The zero-order valence-electron chi connectivity index (χ0n) is 15.6. The van der Waals surface area contributed by atoms with Gasteiger partial charge in [-0.2, -0.15) is 0 Å². The Kier molecular flexibility index (Phi) is 6.26. The Hall–Kier alpha value is -3.35. The van der Waals surface area contributed by atoms with Crippen LogP contribution in [0.1, 0.15) is 22.8 Å². The third kappa shape index (κ3) is 4.68. The van der Waals surface area contributed by atoms with Crippen molar-refractivity contribution < 1.29 is 28.6 Å². The van der Waals surface area contributed by atoms with Crippen LogP contribution in [0.3, 0.4) is 0 Å². The van der Waals surface area contributed by atoms with Crippen LogP contribution in [-0.4, -0.2) is 49.0 Å². The van der Waals surface area contributed by atoms with Crippen LogP contribution in [0.4, 0.5) is 0 Å². The molecule has 1 heterocycles. The number of nitrogens with zero attached hydrogens (tertiary/aromatic N) is 1. The maximum atomic E-state index is 12.4. The molecule has 0 N–H and O–H groups in total. The van der Waals surface area contributed by atoms with Crippen LogP contribution in [0.25, 0.3) is 0 Å². The molecule has 0 radical (unpaired) electrons. The predicted octanol–water partition coefficient (Wildman–Crippen LogP) is 2.23. The van der Waals surface area contributed by atoms with E-state index >= 15 is 0 Å². The van der Waals surface area contributed by atoms with Crippen molar-refractivity contribution in [2.75, 3.05) is 26.4 Å². The van der Waals surface area contributed by atoms with Crippen molar-refractivity contribution in [3.05, 3.63) is 59.7 Å². The molecule has 0 atom stereocenters.